The zero-order chi connectivity index (χ0) is 25.4. The number of alkyl halides is 6. The van der Waals surface area contributed by atoms with Crippen molar-refractivity contribution in [2.75, 3.05) is 39.2 Å². The lowest BCUT2D eigenvalue weighted by molar-refractivity contribution is -0.143. The summed E-state index contributed by atoms with van der Waals surface area (Å²) in [7, 11) is 4.80. The van der Waals surface area contributed by atoms with Gasteiger partial charge in [0.25, 0.3) is 5.91 Å². The monoisotopic (exact) mass is 525 g/mol. The van der Waals surface area contributed by atoms with Gasteiger partial charge in [-0.05, 0) is 44.4 Å². The summed E-state index contributed by atoms with van der Waals surface area (Å²) in [5.74, 6) is -0.715. The quantitative estimate of drug-likeness (QED) is 0.359. The molecule has 1 aromatic heterocycles. The second kappa shape index (κ2) is 9.59. The lowest BCUT2D eigenvalue weighted by Gasteiger charge is -2.23. The molecule has 0 radical (unpaired) electrons. The van der Waals surface area contributed by atoms with E-state index < -0.39 is 35.0 Å². The number of benzene rings is 2. The molecule has 1 amide bonds. The number of halogens is 7. The fourth-order valence-corrected chi connectivity index (χ4v) is 4.32. The molecule has 1 heterocycles. The van der Waals surface area contributed by atoms with Crippen LogP contribution in [0.3, 0.4) is 0 Å². The number of nitrogens with zero attached hydrogens (tertiary/aromatic N) is 3. The van der Waals surface area contributed by atoms with Gasteiger partial charge in [-0.1, -0.05) is 22.9 Å². The van der Waals surface area contributed by atoms with E-state index in [1.54, 1.807) is 31.1 Å². The molecular formula is C21H18ClF6N3O2S. The summed E-state index contributed by atoms with van der Waals surface area (Å²) in [5.41, 5.74) is -3.60. The number of thiazole rings is 1. The molecule has 0 aliphatic rings. The minimum atomic E-state index is -5.08. The third-order valence-corrected chi connectivity index (χ3v) is 6.29. The van der Waals surface area contributed by atoms with Crippen LogP contribution < -0.4 is 9.64 Å². The Morgan fingerprint density at radius 2 is 1.62 bits per heavy atom. The van der Waals surface area contributed by atoms with E-state index >= 15 is 0 Å². The molecule has 184 valence electrons. The van der Waals surface area contributed by atoms with Crippen molar-refractivity contribution in [2.24, 2.45) is 0 Å². The number of aromatic nitrogens is 1. The highest BCUT2D eigenvalue weighted by Crippen LogP contribution is 2.40. The minimum absolute atomic E-state index is 0.0245. The number of anilines is 1. The fourth-order valence-electron chi connectivity index (χ4n) is 3.04. The number of rotatable bonds is 6. The lowest BCUT2D eigenvalue weighted by Crippen LogP contribution is -2.37. The molecule has 0 saturated carbocycles. The van der Waals surface area contributed by atoms with Crippen molar-refractivity contribution in [3.63, 3.8) is 0 Å². The van der Waals surface area contributed by atoms with E-state index in [1.165, 1.54) is 7.11 Å². The molecule has 13 heteroatoms. The van der Waals surface area contributed by atoms with Crippen molar-refractivity contribution in [1.29, 1.82) is 0 Å². The Balaban J connectivity index is 2.16. The molecule has 0 aliphatic carbocycles. The summed E-state index contributed by atoms with van der Waals surface area (Å²) in [6, 6.07) is 3.90. The van der Waals surface area contributed by atoms with Crippen LogP contribution in [0.4, 0.5) is 31.5 Å². The maximum atomic E-state index is 13.3. The van der Waals surface area contributed by atoms with Gasteiger partial charge in [-0.15, -0.1) is 0 Å². The SMILES string of the molecule is COc1ccc(Cl)c2sc(N(CCN(C)C)C(=O)c3cc(C(F)(F)F)cc(C(F)(F)F)c3)nc12. The van der Waals surface area contributed by atoms with Crippen molar-refractivity contribution in [2.45, 2.75) is 12.4 Å². The number of methoxy groups -OCH3 is 1. The number of fused-ring (bicyclic) bond motifs is 1. The van der Waals surface area contributed by atoms with E-state index in [0.29, 0.717) is 33.1 Å². The van der Waals surface area contributed by atoms with Crippen LogP contribution in [0.1, 0.15) is 21.5 Å². The van der Waals surface area contributed by atoms with Gasteiger partial charge in [-0.25, -0.2) is 4.98 Å². The summed E-state index contributed by atoms with van der Waals surface area (Å²) in [4.78, 5) is 20.4. The Morgan fingerprint density at radius 3 is 2.12 bits per heavy atom. The van der Waals surface area contributed by atoms with Crippen molar-refractivity contribution in [3.8, 4) is 5.75 Å². The lowest BCUT2D eigenvalue weighted by atomic mass is 10.0. The van der Waals surface area contributed by atoms with Gasteiger partial charge in [0.1, 0.15) is 11.3 Å². The molecule has 5 nitrogen and oxygen atoms in total. The van der Waals surface area contributed by atoms with Gasteiger partial charge >= 0.3 is 12.4 Å². The van der Waals surface area contributed by atoms with E-state index in [0.717, 1.165) is 16.2 Å². The summed E-state index contributed by atoms with van der Waals surface area (Å²) < 4.78 is 85.5. The van der Waals surface area contributed by atoms with E-state index in [-0.39, 0.29) is 24.3 Å². The van der Waals surface area contributed by atoms with Gasteiger partial charge < -0.3 is 9.64 Å². The largest absolute Gasteiger partial charge is 0.494 e. The van der Waals surface area contributed by atoms with Crippen molar-refractivity contribution < 1.29 is 35.9 Å². The van der Waals surface area contributed by atoms with Crippen LogP contribution >= 0.6 is 22.9 Å². The predicted molar refractivity (Wildman–Crippen MR) is 118 cm³/mol. The average molecular weight is 526 g/mol. The first-order valence-electron chi connectivity index (χ1n) is 9.61. The molecule has 0 spiro atoms. The van der Waals surface area contributed by atoms with Crippen LogP contribution in [-0.4, -0.2) is 50.1 Å². The van der Waals surface area contributed by atoms with E-state index in [4.69, 9.17) is 16.3 Å². The Labute approximate surface area is 199 Å². The highest BCUT2D eigenvalue weighted by atomic mass is 35.5. The molecular weight excluding hydrogens is 508 g/mol. The highest BCUT2D eigenvalue weighted by molar-refractivity contribution is 7.23. The molecule has 0 fully saturated rings. The maximum Gasteiger partial charge on any atom is 0.416 e. The summed E-state index contributed by atoms with van der Waals surface area (Å²) >= 11 is 7.20. The van der Waals surface area contributed by atoms with Crippen LogP contribution in [0, 0.1) is 0 Å². The predicted octanol–water partition coefficient (Wildman–Crippen LogP) is 6.20. The molecule has 34 heavy (non-hydrogen) atoms. The average Bonchev–Trinajstić information content (AvgIpc) is 3.18. The van der Waals surface area contributed by atoms with Crippen molar-refractivity contribution in [1.82, 2.24) is 9.88 Å². The first-order chi connectivity index (χ1) is 15.7. The summed E-state index contributed by atoms with van der Waals surface area (Å²) in [6.07, 6.45) is -10.2. The number of amides is 1. The topological polar surface area (TPSA) is 45.7 Å². The zero-order valence-electron chi connectivity index (χ0n) is 18.0. The molecule has 0 aliphatic heterocycles. The third kappa shape index (κ3) is 5.56. The summed E-state index contributed by atoms with van der Waals surface area (Å²) in [5, 5.41) is 0.359. The second-order valence-electron chi connectivity index (χ2n) is 7.48. The highest BCUT2D eigenvalue weighted by Gasteiger charge is 2.38. The van der Waals surface area contributed by atoms with Gasteiger partial charge in [0, 0.05) is 18.7 Å². The Bertz CT molecular complexity index is 1180. The number of carbonyl (C=O) groups is 1. The molecule has 3 rings (SSSR count). The molecule has 2 aromatic carbocycles. The summed E-state index contributed by atoms with van der Waals surface area (Å²) in [6.45, 7) is 0.209. The van der Waals surface area contributed by atoms with Crippen LogP contribution in [0.15, 0.2) is 30.3 Å². The van der Waals surface area contributed by atoms with Crippen molar-refractivity contribution in [3.05, 3.63) is 52.0 Å². The van der Waals surface area contributed by atoms with Gasteiger partial charge in [0.15, 0.2) is 5.13 Å². The Hall–Kier alpha value is -2.57. The maximum absolute atomic E-state index is 13.3. The second-order valence-corrected chi connectivity index (χ2v) is 8.86. The fraction of sp³-hybridized carbons (Fsp3) is 0.333. The molecule has 0 atom stereocenters. The Kier molecular flexibility index (Phi) is 7.34. The van der Waals surface area contributed by atoms with Crippen LogP contribution in [-0.2, 0) is 12.4 Å². The normalized spacial score (nSPS) is 12.4. The standard InChI is InChI=1S/C21H18ClF6N3O2S/c1-30(2)6-7-31(19-29-16-15(33-3)5-4-14(22)17(16)34-19)18(32)11-8-12(20(23,24)25)10-13(9-11)21(26,27)28/h4-5,8-10H,6-7H2,1-3H3. The molecule has 0 N–H and O–H groups in total. The first-order valence-corrected chi connectivity index (χ1v) is 10.8. The van der Waals surface area contributed by atoms with Crippen LogP contribution in [0.5, 0.6) is 5.75 Å². The van der Waals surface area contributed by atoms with Crippen LogP contribution in [0.25, 0.3) is 10.2 Å². The molecule has 0 saturated heterocycles. The van der Waals surface area contributed by atoms with Gasteiger partial charge in [-0.2, -0.15) is 26.3 Å². The number of hydrogen-bond acceptors (Lipinski definition) is 5. The van der Waals surface area contributed by atoms with E-state index in [1.807, 2.05) is 0 Å². The molecule has 0 bridgehead atoms. The van der Waals surface area contributed by atoms with Crippen molar-refractivity contribution >= 4 is 44.2 Å². The Morgan fingerprint density at radius 1 is 1.03 bits per heavy atom. The van der Waals surface area contributed by atoms with Gasteiger partial charge in [-0.3, -0.25) is 9.69 Å². The van der Waals surface area contributed by atoms with E-state index in [9.17, 15) is 31.1 Å². The zero-order valence-corrected chi connectivity index (χ0v) is 19.6. The number of hydrogen-bond donors (Lipinski definition) is 0. The van der Waals surface area contributed by atoms with Crippen LogP contribution in [0.2, 0.25) is 5.02 Å². The first kappa shape index (κ1) is 26.0. The minimum Gasteiger partial charge on any atom is -0.494 e. The van der Waals surface area contributed by atoms with Gasteiger partial charge in [0.05, 0.1) is 28.0 Å². The molecule has 3 aromatic rings. The smallest absolute Gasteiger partial charge is 0.416 e. The van der Waals surface area contributed by atoms with Gasteiger partial charge in [0.2, 0.25) is 0 Å². The number of ether oxygens (including phenoxy) is 1. The molecule has 0 unspecified atom stereocenters. The number of likely N-dealkylation sites (N-methyl/N-ethyl adjacent to an activating group) is 1. The van der Waals surface area contributed by atoms with E-state index in [2.05, 4.69) is 4.98 Å². The third-order valence-electron chi connectivity index (χ3n) is 4.75. The number of carbonyl (C=O) groups excluding carboxylic acids is 1.